The number of ether oxygens (including phenoxy) is 2. The van der Waals surface area contributed by atoms with Gasteiger partial charge in [-0.1, -0.05) is 30.3 Å². The van der Waals surface area contributed by atoms with Gasteiger partial charge in [0.05, 0.1) is 24.9 Å². The van der Waals surface area contributed by atoms with E-state index in [0.29, 0.717) is 10.0 Å². The summed E-state index contributed by atoms with van der Waals surface area (Å²) in [6.07, 6.45) is -7.90. The Kier molecular flexibility index (Phi) is 6.40. The van der Waals surface area contributed by atoms with Crippen molar-refractivity contribution in [2.45, 2.75) is 50.5 Å². The molecule has 2 bridgehead atoms. The Morgan fingerprint density at radius 3 is 1.97 bits per heavy atom. The van der Waals surface area contributed by atoms with Crippen LogP contribution in [0.4, 0.5) is 22.8 Å². The molecule has 10 nitrogen and oxygen atoms in total. The molecule has 2 aliphatic rings. The van der Waals surface area contributed by atoms with Gasteiger partial charge in [-0.25, -0.2) is 9.59 Å². The molecule has 3 atom stereocenters. The van der Waals surface area contributed by atoms with E-state index in [1.807, 2.05) is 17.5 Å². The summed E-state index contributed by atoms with van der Waals surface area (Å²) in [6, 6.07) is 11.5. The van der Waals surface area contributed by atoms with E-state index in [1.54, 1.807) is 18.2 Å². The smallest absolute Gasteiger partial charge is 0.448 e. The van der Waals surface area contributed by atoms with E-state index in [1.165, 1.54) is 32.9 Å². The molecule has 13 heteroatoms. The molecule has 3 rings (SSSR count). The van der Waals surface area contributed by atoms with Gasteiger partial charge in [-0.15, -0.1) is 0 Å². The van der Waals surface area contributed by atoms with E-state index in [4.69, 9.17) is 9.47 Å². The summed E-state index contributed by atoms with van der Waals surface area (Å²) in [6.45, 7) is 4.72. The molecule has 3 amide bonds. The van der Waals surface area contributed by atoms with Crippen molar-refractivity contribution in [3.8, 4) is 12.1 Å². The number of carbonyl (C=O) groups excluding carboxylic acids is 3. The number of hydrogen-bond donors (Lipinski definition) is 1. The Hall–Kier alpha value is -4.26. The van der Waals surface area contributed by atoms with E-state index in [-0.39, 0.29) is 29.9 Å². The molecule has 1 aliphatic carbocycles. The average molecular weight is 505 g/mol. The number of nitriles is 2. The quantitative estimate of drug-likeness (QED) is 0.663. The summed E-state index contributed by atoms with van der Waals surface area (Å²) in [5.74, 6) is -2.43. The van der Waals surface area contributed by atoms with Crippen LogP contribution in [0.3, 0.4) is 0 Å². The molecule has 1 unspecified atom stereocenters. The summed E-state index contributed by atoms with van der Waals surface area (Å²) in [4.78, 5) is 38.7. The molecule has 0 spiro atoms. The lowest BCUT2D eigenvalue weighted by atomic mass is 9.71. The van der Waals surface area contributed by atoms with Gasteiger partial charge in [-0.3, -0.25) is 4.79 Å². The zero-order valence-corrected chi connectivity index (χ0v) is 19.8. The largest absolute Gasteiger partial charge is 0.471 e. The van der Waals surface area contributed by atoms with Gasteiger partial charge < -0.3 is 14.8 Å². The van der Waals surface area contributed by atoms with Gasteiger partial charge in [0.1, 0.15) is 17.1 Å². The third kappa shape index (κ3) is 3.19. The Labute approximate surface area is 204 Å². The number of hydrogen-bond acceptors (Lipinski definition) is 7. The molecule has 1 N–H and O–H groups in total. The molecule has 0 radical (unpaired) electrons. The molecule has 190 valence electrons. The zero-order valence-electron chi connectivity index (χ0n) is 19.8. The fourth-order valence-electron chi connectivity index (χ4n) is 4.96. The summed E-state index contributed by atoms with van der Waals surface area (Å²) in [5, 5.41) is 23.8. The monoisotopic (exact) mass is 505 g/mol. The Bertz CT molecular complexity index is 1220. The number of amides is 3. The van der Waals surface area contributed by atoms with Gasteiger partial charge in [0.2, 0.25) is 5.54 Å². The number of rotatable bonds is 4. The maximum absolute atomic E-state index is 13.5. The molecule has 1 aliphatic heterocycles. The minimum Gasteiger partial charge on any atom is -0.448 e. The van der Waals surface area contributed by atoms with E-state index in [2.05, 4.69) is 0 Å². The second-order valence-electron chi connectivity index (χ2n) is 8.22. The molecule has 0 aromatic heterocycles. The molecule has 1 saturated heterocycles. The lowest BCUT2D eigenvalue weighted by Crippen LogP contribution is -2.69. The van der Waals surface area contributed by atoms with Crippen molar-refractivity contribution in [1.82, 2.24) is 15.3 Å². The molecular formula is C23H22F3N5O5. The lowest BCUT2D eigenvalue weighted by Gasteiger charge is -2.42. The number of carbonyl (C=O) groups is 3. The first-order chi connectivity index (χ1) is 16.8. The van der Waals surface area contributed by atoms with Crippen LogP contribution in [0.25, 0.3) is 5.57 Å². The number of nitrogens with one attached hydrogen (secondary N) is 1. The fourth-order valence-corrected chi connectivity index (χ4v) is 4.96. The average Bonchev–Trinajstić information content (AvgIpc) is 3.10. The maximum Gasteiger partial charge on any atom is 0.471 e. The third-order valence-electron chi connectivity index (χ3n) is 6.58. The Morgan fingerprint density at radius 1 is 1.00 bits per heavy atom. The molecule has 0 saturated carbocycles. The van der Waals surface area contributed by atoms with Crippen molar-refractivity contribution in [2.75, 3.05) is 13.2 Å². The highest BCUT2D eigenvalue weighted by Crippen LogP contribution is 2.64. The Balaban J connectivity index is 2.51. The molecular weight excluding hydrogens is 483 g/mol. The normalized spacial score (nSPS) is 26.8. The van der Waals surface area contributed by atoms with E-state index in [9.17, 15) is 38.1 Å². The summed E-state index contributed by atoms with van der Waals surface area (Å²) in [5.41, 5.74) is -7.37. The predicted octanol–water partition coefficient (Wildman–Crippen LogP) is 3.28. The first-order valence-electron chi connectivity index (χ1n) is 10.8. The van der Waals surface area contributed by atoms with Gasteiger partial charge in [0.15, 0.2) is 0 Å². The van der Waals surface area contributed by atoms with E-state index in [0.717, 1.165) is 6.92 Å². The minimum atomic E-state index is -5.39. The fraction of sp³-hybridized carbons (Fsp3) is 0.435. The zero-order chi connectivity index (χ0) is 27.1. The van der Waals surface area contributed by atoms with Crippen molar-refractivity contribution in [2.24, 2.45) is 0 Å². The van der Waals surface area contributed by atoms with Crippen LogP contribution in [0.15, 0.2) is 35.9 Å². The van der Waals surface area contributed by atoms with Crippen molar-refractivity contribution in [3.05, 3.63) is 41.5 Å². The minimum absolute atomic E-state index is 0.158. The van der Waals surface area contributed by atoms with Crippen molar-refractivity contribution >= 4 is 23.7 Å². The second-order valence-corrected chi connectivity index (χ2v) is 8.22. The highest BCUT2D eigenvalue weighted by Gasteiger charge is 2.84. The predicted molar refractivity (Wildman–Crippen MR) is 116 cm³/mol. The highest BCUT2D eigenvalue weighted by molar-refractivity contribution is 5.98. The second kappa shape index (κ2) is 8.75. The molecule has 36 heavy (non-hydrogen) atoms. The molecule has 1 aromatic rings. The summed E-state index contributed by atoms with van der Waals surface area (Å²) in [7, 11) is 0. The molecule has 1 fully saturated rings. The number of benzene rings is 1. The van der Waals surface area contributed by atoms with Crippen molar-refractivity contribution < 1.29 is 37.0 Å². The number of fused-ring (bicyclic) bond motifs is 2. The number of alkyl halides is 3. The first kappa shape index (κ1) is 26.3. The van der Waals surface area contributed by atoms with Crippen molar-refractivity contribution in [1.29, 1.82) is 10.5 Å². The third-order valence-corrected chi connectivity index (χ3v) is 6.58. The number of hydrazine groups is 1. The molecule has 1 heterocycles. The van der Waals surface area contributed by atoms with Crippen LogP contribution < -0.4 is 5.32 Å². The van der Waals surface area contributed by atoms with E-state index >= 15 is 0 Å². The van der Waals surface area contributed by atoms with Crippen LogP contribution in [0, 0.1) is 22.7 Å². The summed E-state index contributed by atoms with van der Waals surface area (Å²) >= 11 is 0. The SMILES string of the molecule is CCOC(=O)N1N(C(=O)OCC)[C@@]2(C)C(C#N)=C(c3ccccc3)[C@]1(C#N)C2(C)NC(=O)C(F)(F)F. The standard InChI is InChI=1S/C23H22F3N5O5/c1-5-35-18(33)30-20(3)15(12-27)16(14-10-8-7-9-11-14)22(13-28,31(30)19(34)36-6-2)21(20,4)29-17(32)23(24,25)26/h7-11H,5-6H2,1-4H3,(H,29,32)/t20-,21?,22+/m0/s1. The van der Waals surface area contributed by atoms with Crippen molar-refractivity contribution in [3.63, 3.8) is 0 Å². The van der Waals surface area contributed by atoms with Gasteiger partial charge in [0, 0.05) is 5.57 Å². The van der Waals surface area contributed by atoms with E-state index < -0.39 is 40.9 Å². The van der Waals surface area contributed by atoms with Crippen LogP contribution in [-0.2, 0) is 14.3 Å². The highest BCUT2D eigenvalue weighted by atomic mass is 19.4. The maximum atomic E-state index is 13.5. The van der Waals surface area contributed by atoms with Gasteiger partial charge in [-0.2, -0.15) is 33.7 Å². The van der Waals surface area contributed by atoms with Gasteiger partial charge in [0.25, 0.3) is 0 Å². The summed E-state index contributed by atoms with van der Waals surface area (Å²) < 4.78 is 50.5. The van der Waals surface area contributed by atoms with Crippen LogP contribution >= 0.6 is 0 Å². The number of nitrogens with zero attached hydrogens (tertiary/aromatic N) is 4. The van der Waals surface area contributed by atoms with Gasteiger partial charge >= 0.3 is 24.3 Å². The van der Waals surface area contributed by atoms with Crippen LogP contribution in [-0.4, -0.2) is 64.1 Å². The van der Waals surface area contributed by atoms with Crippen LogP contribution in [0.5, 0.6) is 0 Å². The van der Waals surface area contributed by atoms with Crippen LogP contribution in [0.1, 0.15) is 33.3 Å². The first-order valence-corrected chi connectivity index (χ1v) is 10.8. The van der Waals surface area contributed by atoms with Gasteiger partial charge in [-0.05, 0) is 33.3 Å². The lowest BCUT2D eigenvalue weighted by molar-refractivity contribution is -0.176. The number of halogens is 3. The molecule has 1 aromatic carbocycles. The topological polar surface area (TPSA) is 136 Å². The Morgan fingerprint density at radius 2 is 1.53 bits per heavy atom. The van der Waals surface area contributed by atoms with Crippen LogP contribution in [0.2, 0.25) is 0 Å².